The summed E-state index contributed by atoms with van der Waals surface area (Å²) in [4.78, 5) is 0. The van der Waals surface area contributed by atoms with Gasteiger partial charge in [0.05, 0.1) is 19.4 Å². The van der Waals surface area contributed by atoms with Crippen LogP contribution in [0.5, 0.6) is 11.5 Å². The largest absolute Gasteiger partial charge is 0.497 e. The van der Waals surface area contributed by atoms with Crippen LogP contribution in [0.25, 0.3) is 0 Å². The first-order valence-electron chi connectivity index (χ1n) is 4.84. The molecule has 0 heterocycles. The lowest BCUT2D eigenvalue weighted by Gasteiger charge is -2.09. The summed E-state index contributed by atoms with van der Waals surface area (Å²) in [5.41, 5.74) is 6.40. The molecular weight excluding hydrogens is 178 g/mol. The third-order valence-corrected chi connectivity index (χ3v) is 1.97. The molecular formula is C11H17NO2. The van der Waals surface area contributed by atoms with E-state index in [0.29, 0.717) is 12.3 Å². The van der Waals surface area contributed by atoms with Crippen LogP contribution in [-0.2, 0) is 0 Å². The van der Waals surface area contributed by atoms with Gasteiger partial charge in [-0.05, 0) is 18.6 Å². The Hall–Kier alpha value is -1.38. The smallest absolute Gasteiger partial charge is 0.142 e. The zero-order chi connectivity index (χ0) is 10.4. The van der Waals surface area contributed by atoms with Crippen LogP contribution in [0.2, 0.25) is 0 Å². The summed E-state index contributed by atoms with van der Waals surface area (Å²) in [6, 6.07) is 5.45. The van der Waals surface area contributed by atoms with E-state index in [9.17, 15) is 0 Å². The highest BCUT2D eigenvalue weighted by atomic mass is 16.5. The van der Waals surface area contributed by atoms with Crippen LogP contribution < -0.4 is 15.2 Å². The van der Waals surface area contributed by atoms with Crippen LogP contribution in [0.3, 0.4) is 0 Å². The van der Waals surface area contributed by atoms with Gasteiger partial charge in [-0.3, -0.25) is 0 Å². The molecule has 78 valence electrons. The summed E-state index contributed by atoms with van der Waals surface area (Å²) < 4.78 is 10.5. The first-order valence-corrected chi connectivity index (χ1v) is 4.84. The predicted molar refractivity (Wildman–Crippen MR) is 57.8 cm³/mol. The molecule has 0 atom stereocenters. The van der Waals surface area contributed by atoms with Crippen molar-refractivity contribution in [2.24, 2.45) is 0 Å². The van der Waals surface area contributed by atoms with Crippen molar-refractivity contribution < 1.29 is 9.47 Å². The van der Waals surface area contributed by atoms with Gasteiger partial charge in [0, 0.05) is 6.07 Å². The van der Waals surface area contributed by atoms with E-state index >= 15 is 0 Å². The number of methoxy groups -OCH3 is 1. The molecule has 0 bridgehead atoms. The third-order valence-electron chi connectivity index (χ3n) is 1.97. The molecule has 2 N–H and O–H groups in total. The summed E-state index contributed by atoms with van der Waals surface area (Å²) in [7, 11) is 1.62. The van der Waals surface area contributed by atoms with Crippen molar-refractivity contribution in [1.82, 2.24) is 0 Å². The number of unbranched alkanes of at least 4 members (excludes halogenated alkanes) is 1. The summed E-state index contributed by atoms with van der Waals surface area (Å²) in [5.74, 6) is 1.49. The van der Waals surface area contributed by atoms with Gasteiger partial charge in [-0.15, -0.1) is 0 Å². The van der Waals surface area contributed by atoms with Crippen LogP contribution in [0.15, 0.2) is 18.2 Å². The fourth-order valence-corrected chi connectivity index (χ4v) is 1.11. The Bertz CT molecular complexity index is 287. The highest BCUT2D eigenvalue weighted by Crippen LogP contribution is 2.26. The topological polar surface area (TPSA) is 44.5 Å². The molecule has 1 aromatic rings. The van der Waals surface area contributed by atoms with Crippen molar-refractivity contribution >= 4 is 5.69 Å². The highest BCUT2D eigenvalue weighted by Gasteiger charge is 2.01. The van der Waals surface area contributed by atoms with Crippen LogP contribution >= 0.6 is 0 Å². The Morgan fingerprint density at radius 2 is 2.14 bits per heavy atom. The molecule has 1 rings (SSSR count). The number of rotatable bonds is 5. The minimum absolute atomic E-state index is 0.625. The fourth-order valence-electron chi connectivity index (χ4n) is 1.11. The van der Waals surface area contributed by atoms with Crippen LogP contribution in [-0.4, -0.2) is 13.7 Å². The van der Waals surface area contributed by atoms with Crippen molar-refractivity contribution in [3.8, 4) is 11.5 Å². The summed E-state index contributed by atoms with van der Waals surface area (Å²) >= 11 is 0. The van der Waals surface area contributed by atoms with Crippen molar-refractivity contribution in [2.45, 2.75) is 19.8 Å². The van der Waals surface area contributed by atoms with E-state index in [0.717, 1.165) is 24.3 Å². The van der Waals surface area contributed by atoms with E-state index in [4.69, 9.17) is 15.2 Å². The van der Waals surface area contributed by atoms with E-state index in [-0.39, 0.29) is 0 Å². The average molecular weight is 195 g/mol. The molecule has 0 saturated heterocycles. The molecule has 0 aliphatic carbocycles. The summed E-state index contributed by atoms with van der Waals surface area (Å²) in [5, 5.41) is 0. The van der Waals surface area contributed by atoms with E-state index in [1.54, 1.807) is 13.2 Å². The molecule has 14 heavy (non-hydrogen) atoms. The second kappa shape index (κ2) is 5.37. The molecule has 0 aromatic heterocycles. The number of nitrogen functional groups attached to an aromatic ring is 1. The minimum atomic E-state index is 0.625. The Kier molecular flexibility index (Phi) is 4.11. The standard InChI is InChI=1S/C11H17NO2/c1-3-4-7-14-11-6-5-9(13-2)8-10(11)12/h5-6,8H,3-4,7,12H2,1-2H3. The number of hydrogen-bond acceptors (Lipinski definition) is 3. The summed E-state index contributed by atoms with van der Waals surface area (Å²) in [6.07, 6.45) is 2.17. The van der Waals surface area contributed by atoms with Gasteiger partial charge in [-0.1, -0.05) is 13.3 Å². The molecule has 0 aliphatic rings. The first-order chi connectivity index (χ1) is 6.77. The lowest BCUT2D eigenvalue weighted by molar-refractivity contribution is 0.310. The normalized spacial score (nSPS) is 9.86. The molecule has 0 unspecified atom stereocenters. The van der Waals surface area contributed by atoms with Crippen molar-refractivity contribution in [3.05, 3.63) is 18.2 Å². The number of benzene rings is 1. The van der Waals surface area contributed by atoms with Crippen molar-refractivity contribution in [3.63, 3.8) is 0 Å². The molecule has 0 spiro atoms. The number of anilines is 1. The van der Waals surface area contributed by atoms with Crippen LogP contribution in [0.4, 0.5) is 5.69 Å². The van der Waals surface area contributed by atoms with Crippen molar-refractivity contribution in [1.29, 1.82) is 0 Å². The van der Waals surface area contributed by atoms with Crippen LogP contribution in [0, 0.1) is 0 Å². The van der Waals surface area contributed by atoms with Gasteiger partial charge >= 0.3 is 0 Å². The van der Waals surface area contributed by atoms with Gasteiger partial charge in [0.25, 0.3) is 0 Å². The average Bonchev–Trinajstić information content (AvgIpc) is 2.20. The van der Waals surface area contributed by atoms with E-state index in [1.807, 2.05) is 12.1 Å². The van der Waals surface area contributed by atoms with Gasteiger partial charge < -0.3 is 15.2 Å². The van der Waals surface area contributed by atoms with Gasteiger partial charge in [-0.2, -0.15) is 0 Å². The quantitative estimate of drug-likeness (QED) is 0.579. The highest BCUT2D eigenvalue weighted by molar-refractivity contribution is 5.56. The Balaban J connectivity index is 2.59. The lowest BCUT2D eigenvalue weighted by Crippen LogP contribution is -2.00. The zero-order valence-electron chi connectivity index (χ0n) is 8.75. The lowest BCUT2D eigenvalue weighted by atomic mass is 10.3. The number of nitrogens with two attached hydrogens (primary N) is 1. The maximum absolute atomic E-state index is 5.77. The van der Waals surface area contributed by atoms with Gasteiger partial charge in [0.2, 0.25) is 0 Å². The summed E-state index contributed by atoms with van der Waals surface area (Å²) in [6.45, 7) is 2.84. The molecule has 0 amide bonds. The van der Waals surface area contributed by atoms with Gasteiger partial charge in [-0.25, -0.2) is 0 Å². The molecule has 0 fully saturated rings. The third kappa shape index (κ3) is 2.83. The van der Waals surface area contributed by atoms with E-state index in [1.165, 1.54) is 0 Å². The second-order valence-electron chi connectivity index (χ2n) is 3.11. The van der Waals surface area contributed by atoms with Gasteiger partial charge in [0.15, 0.2) is 0 Å². The molecule has 3 nitrogen and oxygen atoms in total. The maximum atomic E-state index is 5.77. The number of ether oxygens (including phenoxy) is 2. The maximum Gasteiger partial charge on any atom is 0.142 e. The fraction of sp³-hybridized carbons (Fsp3) is 0.455. The Labute approximate surface area is 84.8 Å². The Morgan fingerprint density at radius 3 is 2.71 bits per heavy atom. The molecule has 3 heteroatoms. The molecule has 1 aromatic carbocycles. The first kappa shape index (κ1) is 10.7. The van der Waals surface area contributed by atoms with E-state index in [2.05, 4.69) is 6.92 Å². The molecule has 0 saturated carbocycles. The zero-order valence-corrected chi connectivity index (χ0v) is 8.75. The van der Waals surface area contributed by atoms with Crippen LogP contribution in [0.1, 0.15) is 19.8 Å². The predicted octanol–water partition coefficient (Wildman–Crippen LogP) is 2.46. The second-order valence-corrected chi connectivity index (χ2v) is 3.11. The SMILES string of the molecule is CCCCOc1ccc(OC)cc1N. The van der Waals surface area contributed by atoms with Gasteiger partial charge in [0.1, 0.15) is 11.5 Å². The minimum Gasteiger partial charge on any atom is -0.497 e. The van der Waals surface area contributed by atoms with Crippen molar-refractivity contribution in [2.75, 3.05) is 19.5 Å². The molecule has 0 aliphatic heterocycles. The monoisotopic (exact) mass is 195 g/mol. The van der Waals surface area contributed by atoms with E-state index < -0.39 is 0 Å². The number of hydrogen-bond donors (Lipinski definition) is 1. The molecule has 0 radical (unpaired) electrons. The Morgan fingerprint density at radius 1 is 1.36 bits per heavy atom.